The number of hydrogen-bond acceptors (Lipinski definition) is 5. The molecule has 2 rings (SSSR count). The van der Waals surface area contributed by atoms with Gasteiger partial charge in [0.05, 0.1) is 12.3 Å². The average Bonchev–Trinajstić information content (AvgIpc) is 2.98. The summed E-state index contributed by atoms with van der Waals surface area (Å²) in [5, 5.41) is 1.47. The fourth-order valence-electron chi connectivity index (χ4n) is 1.97. The van der Waals surface area contributed by atoms with Crippen molar-refractivity contribution in [3.63, 3.8) is 0 Å². The van der Waals surface area contributed by atoms with Crippen LogP contribution in [-0.2, 0) is 16.1 Å². The Morgan fingerprint density at radius 1 is 1.36 bits per heavy atom. The lowest BCUT2D eigenvalue weighted by molar-refractivity contribution is -0.297. The van der Waals surface area contributed by atoms with Crippen LogP contribution in [0.2, 0.25) is 0 Å². The maximum atomic E-state index is 12.9. The third-order valence-corrected chi connectivity index (χ3v) is 3.44. The quantitative estimate of drug-likeness (QED) is 0.754. The molecule has 0 bridgehead atoms. The first kappa shape index (κ1) is 18.9. The van der Waals surface area contributed by atoms with Crippen molar-refractivity contribution >= 4 is 17.4 Å². The standard InChI is InChI=1S/C14H15F5N4O2/c1-8-2-3-10(23-7-21-12(22-23)11(20)24)4-9(8)5-25-6-13(15,16)14(17,18)19/h2-4H,5-7H2,1H3,(H2,20,24)(H,21,22). The van der Waals surface area contributed by atoms with Gasteiger partial charge in [0.25, 0.3) is 5.91 Å². The smallest absolute Gasteiger partial charge is 0.370 e. The largest absolute Gasteiger partial charge is 0.455 e. The summed E-state index contributed by atoms with van der Waals surface area (Å²) in [5.41, 5.74) is 9.33. The summed E-state index contributed by atoms with van der Waals surface area (Å²) in [5.74, 6) is -5.70. The average molecular weight is 366 g/mol. The van der Waals surface area contributed by atoms with E-state index in [1.807, 2.05) is 0 Å². The van der Waals surface area contributed by atoms with Gasteiger partial charge in [-0.3, -0.25) is 15.2 Å². The summed E-state index contributed by atoms with van der Waals surface area (Å²) in [6.07, 6.45) is -5.66. The van der Waals surface area contributed by atoms with E-state index < -0.39 is 31.2 Å². The number of ether oxygens (including phenoxy) is 1. The summed E-state index contributed by atoms with van der Waals surface area (Å²) < 4.78 is 66.6. The monoisotopic (exact) mass is 366 g/mol. The number of alkyl halides is 5. The van der Waals surface area contributed by atoms with Crippen molar-refractivity contribution in [1.29, 1.82) is 0 Å². The number of halogens is 5. The summed E-state index contributed by atoms with van der Waals surface area (Å²) in [6.45, 7) is -0.444. The molecule has 0 aliphatic carbocycles. The number of hydrazine groups is 1. The van der Waals surface area contributed by atoms with Gasteiger partial charge in [0.2, 0.25) is 5.84 Å². The molecule has 6 nitrogen and oxygen atoms in total. The van der Waals surface area contributed by atoms with Crippen LogP contribution >= 0.6 is 0 Å². The van der Waals surface area contributed by atoms with Crippen molar-refractivity contribution in [2.24, 2.45) is 10.7 Å². The fourth-order valence-corrected chi connectivity index (χ4v) is 1.97. The van der Waals surface area contributed by atoms with Crippen LogP contribution in [-0.4, -0.2) is 37.1 Å². The van der Waals surface area contributed by atoms with Crippen molar-refractivity contribution in [2.45, 2.75) is 25.6 Å². The molecule has 0 atom stereocenters. The molecule has 0 aromatic heterocycles. The number of amides is 1. The molecule has 1 heterocycles. The van der Waals surface area contributed by atoms with Crippen molar-refractivity contribution < 1.29 is 31.5 Å². The Kier molecular flexibility index (Phi) is 5.16. The highest BCUT2D eigenvalue weighted by atomic mass is 19.4. The molecule has 0 unspecified atom stereocenters. The Hall–Kier alpha value is -2.43. The predicted molar refractivity (Wildman–Crippen MR) is 78.9 cm³/mol. The molecule has 1 aliphatic rings. The van der Waals surface area contributed by atoms with Crippen LogP contribution in [0.15, 0.2) is 23.2 Å². The van der Waals surface area contributed by atoms with E-state index in [9.17, 15) is 26.7 Å². The van der Waals surface area contributed by atoms with Gasteiger partial charge in [-0.25, -0.2) is 4.99 Å². The van der Waals surface area contributed by atoms with Gasteiger partial charge in [0.15, 0.2) is 0 Å². The number of amidine groups is 1. The normalized spacial score (nSPS) is 15.1. The number of anilines is 1. The number of hydrogen-bond donors (Lipinski definition) is 2. The highest BCUT2D eigenvalue weighted by Crippen LogP contribution is 2.35. The van der Waals surface area contributed by atoms with Gasteiger partial charge in [-0.05, 0) is 30.2 Å². The van der Waals surface area contributed by atoms with Crippen molar-refractivity contribution in [3.05, 3.63) is 29.3 Å². The number of carbonyl (C=O) groups excluding carboxylic acids is 1. The maximum absolute atomic E-state index is 12.9. The summed E-state index contributed by atoms with van der Waals surface area (Å²) >= 11 is 0. The van der Waals surface area contributed by atoms with Gasteiger partial charge in [-0.2, -0.15) is 22.0 Å². The highest BCUT2D eigenvalue weighted by Gasteiger charge is 2.57. The van der Waals surface area contributed by atoms with E-state index in [4.69, 9.17) is 5.73 Å². The molecule has 3 N–H and O–H groups in total. The van der Waals surface area contributed by atoms with E-state index >= 15 is 0 Å². The van der Waals surface area contributed by atoms with Crippen LogP contribution in [0.1, 0.15) is 11.1 Å². The van der Waals surface area contributed by atoms with Crippen LogP contribution in [0.5, 0.6) is 0 Å². The Balaban J connectivity index is 2.02. The molecule has 1 aliphatic heterocycles. The van der Waals surface area contributed by atoms with Gasteiger partial charge in [0, 0.05) is 0 Å². The summed E-state index contributed by atoms with van der Waals surface area (Å²) in [4.78, 5) is 14.9. The molecule has 11 heteroatoms. The zero-order valence-corrected chi connectivity index (χ0v) is 13.0. The molecule has 0 spiro atoms. The molecule has 0 saturated carbocycles. The lowest BCUT2D eigenvalue weighted by Gasteiger charge is -2.21. The number of nitrogens with two attached hydrogens (primary N) is 1. The van der Waals surface area contributed by atoms with Gasteiger partial charge >= 0.3 is 12.1 Å². The van der Waals surface area contributed by atoms with Crippen LogP contribution in [0.4, 0.5) is 27.6 Å². The minimum Gasteiger partial charge on any atom is -0.370 e. The lowest BCUT2D eigenvalue weighted by Crippen LogP contribution is -2.42. The Morgan fingerprint density at radius 2 is 2.04 bits per heavy atom. The lowest BCUT2D eigenvalue weighted by atomic mass is 10.1. The predicted octanol–water partition coefficient (Wildman–Crippen LogP) is 1.88. The third-order valence-electron chi connectivity index (χ3n) is 3.44. The fraction of sp³-hybridized carbons (Fsp3) is 0.429. The minimum atomic E-state index is -5.66. The zero-order valence-electron chi connectivity index (χ0n) is 13.0. The molecule has 0 saturated heterocycles. The number of benzene rings is 1. The van der Waals surface area contributed by atoms with E-state index in [1.54, 1.807) is 19.1 Å². The molecule has 1 amide bonds. The van der Waals surface area contributed by atoms with Gasteiger partial charge in [0.1, 0.15) is 13.3 Å². The van der Waals surface area contributed by atoms with E-state index in [0.29, 0.717) is 16.8 Å². The Labute approximate surface area is 139 Å². The SMILES string of the molecule is Cc1ccc(N2CN=C(C(N)=O)N2)cc1COCC(F)(F)C(F)(F)F. The zero-order chi connectivity index (χ0) is 18.8. The van der Waals surface area contributed by atoms with Crippen LogP contribution in [0.25, 0.3) is 0 Å². The van der Waals surface area contributed by atoms with Crippen molar-refractivity contribution in [3.8, 4) is 0 Å². The van der Waals surface area contributed by atoms with Crippen LogP contribution in [0.3, 0.4) is 0 Å². The topological polar surface area (TPSA) is 80.0 Å². The first-order valence-electron chi connectivity index (χ1n) is 7.01. The van der Waals surface area contributed by atoms with E-state index in [-0.39, 0.29) is 12.5 Å². The second kappa shape index (κ2) is 6.82. The number of aryl methyl sites for hydroxylation is 1. The molecule has 1 aromatic rings. The first-order valence-corrected chi connectivity index (χ1v) is 7.01. The summed E-state index contributed by atoms with van der Waals surface area (Å²) in [7, 11) is 0. The second-order valence-corrected chi connectivity index (χ2v) is 5.36. The summed E-state index contributed by atoms with van der Waals surface area (Å²) in [6, 6.07) is 4.84. The van der Waals surface area contributed by atoms with Crippen molar-refractivity contribution in [2.75, 3.05) is 18.3 Å². The molecular formula is C14H15F5N4O2. The highest BCUT2D eigenvalue weighted by molar-refractivity contribution is 6.38. The number of nitrogens with one attached hydrogen (secondary N) is 1. The number of nitrogens with zero attached hydrogens (tertiary/aromatic N) is 2. The van der Waals surface area contributed by atoms with Crippen molar-refractivity contribution in [1.82, 2.24) is 5.43 Å². The second-order valence-electron chi connectivity index (χ2n) is 5.36. The van der Waals surface area contributed by atoms with E-state index in [0.717, 1.165) is 0 Å². The maximum Gasteiger partial charge on any atom is 0.455 e. The number of aliphatic imine (C=N–C) groups is 1. The van der Waals surface area contributed by atoms with Crippen LogP contribution in [0, 0.1) is 6.92 Å². The Bertz CT molecular complexity index is 690. The van der Waals surface area contributed by atoms with Gasteiger partial charge < -0.3 is 10.5 Å². The molecule has 0 radical (unpaired) electrons. The molecule has 138 valence electrons. The molecule has 0 fully saturated rings. The number of carbonyl (C=O) groups is 1. The first-order chi connectivity index (χ1) is 11.5. The van der Waals surface area contributed by atoms with Gasteiger partial charge in [-0.15, -0.1) is 0 Å². The van der Waals surface area contributed by atoms with E-state index in [2.05, 4.69) is 15.2 Å². The molecule has 1 aromatic carbocycles. The van der Waals surface area contributed by atoms with Crippen LogP contribution < -0.4 is 16.2 Å². The minimum absolute atomic E-state index is 0.0387. The number of rotatable bonds is 6. The van der Waals surface area contributed by atoms with Gasteiger partial charge in [-0.1, -0.05) is 6.07 Å². The molecular weight excluding hydrogens is 351 g/mol. The molecule has 25 heavy (non-hydrogen) atoms. The third kappa shape index (κ3) is 4.35. The van der Waals surface area contributed by atoms with E-state index in [1.165, 1.54) is 11.1 Å². The number of primary amides is 1. The Morgan fingerprint density at radius 3 is 2.60 bits per heavy atom.